The number of hydrogen-bond donors (Lipinski definition) is 2. The van der Waals surface area contributed by atoms with E-state index in [1.807, 2.05) is 30.3 Å². The predicted molar refractivity (Wildman–Crippen MR) is 102 cm³/mol. The van der Waals surface area contributed by atoms with E-state index < -0.39 is 0 Å². The van der Waals surface area contributed by atoms with Crippen molar-refractivity contribution < 1.29 is 9.59 Å². The maximum atomic E-state index is 12.1. The lowest BCUT2D eigenvalue weighted by atomic mass is 10.1. The van der Waals surface area contributed by atoms with Gasteiger partial charge in [0.1, 0.15) is 0 Å². The van der Waals surface area contributed by atoms with Crippen molar-refractivity contribution in [3.63, 3.8) is 0 Å². The molecule has 5 heteroatoms. The molecule has 3 rings (SSSR count). The Kier molecular flexibility index (Phi) is 5.72. The number of rotatable bonds is 6. The van der Waals surface area contributed by atoms with Gasteiger partial charge in [-0.1, -0.05) is 30.3 Å². The van der Waals surface area contributed by atoms with E-state index in [4.69, 9.17) is 0 Å². The van der Waals surface area contributed by atoms with Crippen LogP contribution < -0.4 is 10.6 Å². The van der Waals surface area contributed by atoms with Crippen LogP contribution in [0.5, 0.6) is 0 Å². The van der Waals surface area contributed by atoms with Crippen LogP contribution in [0.25, 0.3) is 0 Å². The molecule has 0 bridgehead atoms. The fourth-order valence-corrected chi connectivity index (χ4v) is 2.46. The van der Waals surface area contributed by atoms with E-state index in [2.05, 4.69) is 15.6 Å². The molecule has 1 heterocycles. The Balaban J connectivity index is 1.51. The fourth-order valence-electron chi connectivity index (χ4n) is 2.46. The second-order valence-corrected chi connectivity index (χ2v) is 5.81. The summed E-state index contributed by atoms with van der Waals surface area (Å²) in [4.78, 5) is 28.0. The van der Waals surface area contributed by atoms with E-state index in [0.29, 0.717) is 29.8 Å². The number of aromatic nitrogens is 1. The molecule has 0 spiro atoms. The molecule has 5 nitrogen and oxygen atoms in total. The van der Waals surface area contributed by atoms with Gasteiger partial charge in [0.15, 0.2) is 0 Å². The number of amides is 2. The number of nitrogens with zero attached hydrogens (tertiary/aromatic N) is 1. The maximum absolute atomic E-state index is 12.1. The normalized spacial score (nSPS) is 10.2. The third-order valence-electron chi connectivity index (χ3n) is 3.83. The Morgan fingerprint density at radius 2 is 1.50 bits per heavy atom. The van der Waals surface area contributed by atoms with Gasteiger partial charge in [0.25, 0.3) is 5.91 Å². The van der Waals surface area contributed by atoms with Gasteiger partial charge >= 0.3 is 0 Å². The highest BCUT2D eigenvalue weighted by molar-refractivity contribution is 6.04. The lowest BCUT2D eigenvalue weighted by Gasteiger charge is -2.08. The largest absolute Gasteiger partial charge is 0.326 e. The maximum Gasteiger partial charge on any atom is 0.257 e. The van der Waals surface area contributed by atoms with Crippen molar-refractivity contribution in [2.45, 2.75) is 12.8 Å². The number of nitrogens with one attached hydrogen (secondary N) is 2. The van der Waals surface area contributed by atoms with Crippen LogP contribution in [0.3, 0.4) is 0 Å². The quantitative estimate of drug-likeness (QED) is 0.712. The highest BCUT2D eigenvalue weighted by Gasteiger charge is 2.07. The van der Waals surface area contributed by atoms with Crippen molar-refractivity contribution >= 4 is 23.2 Å². The highest BCUT2D eigenvalue weighted by Crippen LogP contribution is 2.15. The van der Waals surface area contributed by atoms with Crippen LogP contribution in [0, 0.1) is 0 Å². The first-order valence-corrected chi connectivity index (χ1v) is 8.36. The second-order valence-electron chi connectivity index (χ2n) is 5.81. The minimum absolute atomic E-state index is 0.0407. The van der Waals surface area contributed by atoms with E-state index >= 15 is 0 Å². The number of hydrogen-bond acceptors (Lipinski definition) is 3. The van der Waals surface area contributed by atoms with E-state index in [1.165, 1.54) is 6.20 Å². The van der Waals surface area contributed by atoms with Gasteiger partial charge in [-0.25, -0.2) is 0 Å². The lowest BCUT2D eigenvalue weighted by molar-refractivity contribution is -0.116. The van der Waals surface area contributed by atoms with Crippen LogP contribution in [0.1, 0.15) is 22.3 Å². The molecule has 0 aliphatic heterocycles. The standard InChI is InChI=1S/C21H19N3O2/c25-20(13-8-16-5-2-1-3-6-16)23-18-9-11-19(12-10-18)24-21(26)17-7-4-14-22-15-17/h1-7,9-12,14-15H,8,13H2,(H,23,25)(H,24,26). The molecular weight excluding hydrogens is 326 g/mol. The van der Waals surface area contributed by atoms with Crippen LogP contribution in [0.15, 0.2) is 79.1 Å². The predicted octanol–water partition coefficient (Wildman–Crippen LogP) is 3.91. The monoisotopic (exact) mass is 345 g/mol. The molecule has 1 aromatic heterocycles. The van der Waals surface area contributed by atoms with Gasteiger partial charge in [-0.05, 0) is 48.4 Å². The summed E-state index contributed by atoms with van der Waals surface area (Å²) in [5, 5.41) is 5.66. The molecule has 2 N–H and O–H groups in total. The number of aryl methyl sites for hydroxylation is 1. The molecule has 0 atom stereocenters. The third kappa shape index (κ3) is 5.01. The summed E-state index contributed by atoms with van der Waals surface area (Å²) in [7, 11) is 0. The molecule has 3 aromatic rings. The summed E-state index contributed by atoms with van der Waals surface area (Å²) in [6, 6.07) is 20.3. The summed E-state index contributed by atoms with van der Waals surface area (Å²) in [5.41, 5.74) is 2.98. The van der Waals surface area contributed by atoms with Gasteiger partial charge < -0.3 is 10.6 Å². The molecule has 130 valence electrons. The molecule has 0 saturated heterocycles. The van der Waals surface area contributed by atoms with Crippen LogP contribution in [-0.2, 0) is 11.2 Å². The van der Waals surface area contributed by atoms with Crippen LogP contribution in [0.2, 0.25) is 0 Å². The summed E-state index contributed by atoms with van der Waals surface area (Å²) in [6.07, 6.45) is 4.25. The van der Waals surface area contributed by atoms with Gasteiger partial charge in [0.05, 0.1) is 5.56 Å². The van der Waals surface area contributed by atoms with Gasteiger partial charge in [0, 0.05) is 30.2 Å². The number of benzene rings is 2. The summed E-state index contributed by atoms with van der Waals surface area (Å²) in [5.74, 6) is -0.265. The minimum atomic E-state index is -0.224. The molecule has 2 aromatic carbocycles. The number of pyridine rings is 1. The van der Waals surface area contributed by atoms with E-state index in [-0.39, 0.29) is 11.8 Å². The van der Waals surface area contributed by atoms with Gasteiger partial charge in [-0.3, -0.25) is 14.6 Å². The molecule has 0 aliphatic rings. The first-order chi connectivity index (χ1) is 12.7. The minimum Gasteiger partial charge on any atom is -0.326 e. The zero-order valence-electron chi connectivity index (χ0n) is 14.2. The fraction of sp³-hybridized carbons (Fsp3) is 0.0952. The number of carbonyl (C=O) groups is 2. The molecule has 0 saturated carbocycles. The Bertz CT molecular complexity index is 863. The Hall–Kier alpha value is -3.47. The first kappa shape index (κ1) is 17.4. The van der Waals surface area contributed by atoms with Crippen LogP contribution >= 0.6 is 0 Å². The average Bonchev–Trinajstić information content (AvgIpc) is 2.69. The van der Waals surface area contributed by atoms with E-state index in [1.54, 1.807) is 42.6 Å². The SMILES string of the molecule is O=C(CCc1ccccc1)Nc1ccc(NC(=O)c2cccnc2)cc1. The Morgan fingerprint density at radius 3 is 2.15 bits per heavy atom. The molecule has 26 heavy (non-hydrogen) atoms. The molecule has 0 aliphatic carbocycles. The van der Waals surface area contributed by atoms with Crippen molar-refractivity contribution in [3.8, 4) is 0 Å². The van der Waals surface area contributed by atoms with Gasteiger partial charge in [0.2, 0.25) is 5.91 Å². The van der Waals surface area contributed by atoms with E-state index in [0.717, 1.165) is 5.56 Å². The zero-order valence-corrected chi connectivity index (χ0v) is 14.2. The zero-order chi connectivity index (χ0) is 18.2. The van der Waals surface area contributed by atoms with Crippen molar-refractivity contribution in [2.75, 3.05) is 10.6 Å². The Morgan fingerprint density at radius 1 is 0.808 bits per heavy atom. The van der Waals surface area contributed by atoms with Crippen molar-refractivity contribution in [1.82, 2.24) is 4.98 Å². The molecule has 0 fully saturated rings. The summed E-state index contributed by atoms with van der Waals surface area (Å²) < 4.78 is 0. The molecule has 0 radical (unpaired) electrons. The van der Waals surface area contributed by atoms with Crippen LogP contribution in [0.4, 0.5) is 11.4 Å². The third-order valence-corrected chi connectivity index (χ3v) is 3.83. The van der Waals surface area contributed by atoms with Crippen molar-refractivity contribution in [3.05, 3.63) is 90.3 Å². The van der Waals surface area contributed by atoms with E-state index in [9.17, 15) is 9.59 Å². The smallest absolute Gasteiger partial charge is 0.257 e. The lowest BCUT2D eigenvalue weighted by Crippen LogP contribution is -2.13. The topological polar surface area (TPSA) is 71.1 Å². The van der Waals surface area contributed by atoms with Gasteiger partial charge in [-0.2, -0.15) is 0 Å². The Labute approximate surface area is 152 Å². The van der Waals surface area contributed by atoms with Crippen LogP contribution in [-0.4, -0.2) is 16.8 Å². The first-order valence-electron chi connectivity index (χ1n) is 8.36. The highest BCUT2D eigenvalue weighted by atomic mass is 16.2. The molecule has 0 unspecified atom stereocenters. The summed E-state index contributed by atoms with van der Waals surface area (Å²) in [6.45, 7) is 0. The van der Waals surface area contributed by atoms with Gasteiger partial charge in [-0.15, -0.1) is 0 Å². The number of anilines is 2. The second kappa shape index (κ2) is 8.58. The molecule has 2 amide bonds. The summed E-state index contributed by atoms with van der Waals surface area (Å²) >= 11 is 0. The molecular formula is C21H19N3O2. The van der Waals surface area contributed by atoms with Crippen molar-refractivity contribution in [2.24, 2.45) is 0 Å². The average molecular weight is 345 g/mol. The van der Waals surface area contributed by atoms with Crippen molar-refractivity contribution in [1.29, 1.82) is 0 Å². The number of carbonyl (C=O) groups excluding carboxylic acids is 2.